The van der Waals surface area contributed by atoms with E-state index in [9.17, 15) is 0 Å². The number of ether oxygens (including phenoxy) is 1. The molecule has 1 heterocycles. The van der Waals surface area contributed by atoms with E-state index >= 15 is 0 Å². The Morgan fingerprint density at radius 2 is 1.96 bits per heavy atom. The van der Waals surface area contributed by atoms with Crippen LogP contribution in [-0.4, -0.2) is 25.4 Å². The van der Waals surface area contributed by atoms with Crippen LogP contribution in [0.4, 0.5) is 11.4 Å². The number of methoxy groups -OCH3 is 1. The molecule has 0 amide bonds. The predicted octanol–water partition coefficient (Wildman–Crippen LogP) is 5.47. The van der Waals surface area contributed by atoms with E-state index < -0.39 is 0 Å². The highest BCUT2D eigenvalue weighted by Gasteiger charge is 2.29. The highest BCUT2D eigenvalue weighted by molar-refractivity contribution is 5.88. The molecule has 0 saturated carbocycles. The molecule has 3 rings (SSSR count). The van der Waals surface area contributed by atoms with Crippen molar-refractivity contribution in [3.63, 3.8) is 0 Å². The first-order valence-electron chi connectivity index (χ1n) is 8.74. The molecule has 2 aromatic rings. The second-order valence-electron chi connectivity index (χ2n) is 6.96. The number of rotatable bonds is 4. The molecule has 25 heavy (non-hydrogen) atoms. The molecule has 0 fully saturated rings. The first-order chi connectivity index (χ1) is 11.9. The number of allylic oxidation sites excluding steroid dienone is 1. The highest BCUT2D eigenvalue weighted by Crippen LogP contribution is 2.38. The zero-order chi connectivity index (χ0) is 18.0. The van der Waals surface area contributed by atoms with Crippen molar-refractivity contribution in [1.82, 2.24) is 0 Å². The molecule has 0 aromatic heterocycles. The van der Waals surface area contributed by atoms with E-state index in [0.717, 1.165) is 23.5 Å². The Hall–Kier alpha value is -2.55. The van der Waals surface area contributed by atoms with Crippen LogP contribution in [0.25, 0.3) is 5.57 Å². The lowest BCUT2D eigenvalue weighted by Gasteiger charge is -2.42. The molecular weight excluding hydrogens is 308 g/mol. The molecule has 1 aliphatic rings. The third kappa shape index (κ3) is 3.46. The normalized spacial score (nSPS) is 15.9. The first kappa shape index (κ1) is 17.3. The van der Waals surface area contributed by atoms with Crippen LogP contribution >= 0.6 is 0 Å². The van der Waals surface area contributed by atoms with Crippen LogP contribution in [0.2, 0.25) is 0 Å². The van der Waals surface area contributed by atoms with E-state index in [0.29, 0.717) is 0 Å². The van der Waals surface area contributed by atoms with E-state index in [-0.39, 0.29) is 5.54 Å². The monoisotopic (exact) mass is 334 g/mol. The number of aliphatic imine (C=N–C) groups is 1. The van der Waals surface area contributed by atoms with Gasteiger partial charge in [-0.25, -0.2) is 0 Å². The molecule has 0 atom stereocenters. The van der Waals surface area contributed by atoms with Gasteiger partial charge in [-0.3, -0.25) is 4.99 Å². The summed E-state index contributed by atoms with van der Waals surface area (Å²) in [6.07, 6.45) is 4.26. The molecule has 2 aromatic carbocycles. The Kier molecular flexibility index (Phi) is 4.67. The van der Waals surface area contributed by atoms with Crippen LogP contribution in [0, 0.1) is 0 Å². The lowest BCUT2D eigenvalue weighted by Crippen LogP contribution is -2.44. The molecule has 0 aliphatic carbocycles. The number of hydrogen-bond donors (Lipinski definition) is 0. The molecule has 0 unspecified atom stereocenters. The smallest absolute Gasteiger partial charge is 0.121 e. The zero-order valence-corrected chi connectivity index (χ0v) is 15.7. The highest BCUT2D eigenvalue weighted by atomic mass is 16.5. The van der Waals surface area contributed by atoms with Gasteiger partial charge in [0.05, 0.1) is 18.3 Å². The summed E-state index contributed by atoms with van der Waals surface area (Å²) in [5, 5.41) is 0. The molecule has 3 heteroatoms. The quantitative estimate of drug-likeness (QED) is 0.693. The molecule has 0 spiro atoms. The van der Waals surface area contributed by atoms with Crippen LogP contribution in [0.1, 0.15) is 38.8 Å². The summed E-state index contributed by atoms with van der Waals surface area (Å²) in [5.41, 5.74) is 5.94. The Morgan fingerprint density at radius 1 is 1.16 bits per heavy atom. The van der Waals surface area contributed by atoms with Gasteiger partial charge >= 0.3 is 0 Å². The van der Waals surface area contributed by atoms with E-state index in [1.807, 2.05) is 30.5 Å². The largest absolute Gasteiger partial charge is 0.497 e. The fourth-order valence-corrected chi connectivity index (χ4v) is 3.60. The van der Waals surface area contributed by atoms with Crippen molar-refractivity contribution in [2.45, 2.75) is 33.2 Å². The second kappa shape index (κ2) is 6.75. The Balaban J connectivity index is 1.93. The van der Waals surface area contributed by atoms with E-state index in [2.05, 4.69) is 61.9 Å². The first-order valence-corrected chi connectivity index (χ1v) is 8.74. The van der Waals surface area contributed by atoms with Crippen LogP contribution < -0.4 is 9.64 Å². The summed E-state index contributed by atoms with van der Waals surface area (Å²) >= 11 is 0. The van der Waals surface area contributed by atoms with Crippen molar-refractivity contribution >= 4 is 23.2 Å². The van der Waals surface area contributed by atoms with Crippen LogP contribution in [0.15, 0.2) is 53.5 Å². The summed E-state index contributed by atoms with van der Waals surface area (Å²) in [7, 11) is 1.67. The average molecular weight is 334 g/mol. The van der Waals surface area contributed by atoms with E-state index in [1.165, 1.54) is 16.8 Å². The van der Waals surface area contributed by atoms with Gasteiger partial charge in [-0.2, -0.15) is 0 Å². The molecule has 0 bridgehead atoms. The van der Waals surface area contributed by atoms with Crippen molar-refractivity contribution in [2.24, 2.45) is 4.99 Å². The summed E-state index contributed by atoms with van der Waals surface area (Å²) in [4.78, 5) is 7.03. The van der Waals surface area contributed by atoms with Crippen molar-refractivity contribution in [2.75, 3.05) is 18.6 Å². The lowest BCUT2D eigenvalue weighted by molar-refractivity contribution is 0.415. The van der Waals surface area contributed by atoms with E-state index in [4.69, 9.17) is 4.74 Å². The van der Waals surface area contributed by atoms with Crippen molar-refractivity contribution in [3.05, 3.63) is 59.7 Å². The summed E-state index contributed by atoms with van der Waals surface area (Å²) in [6.45, 7) is 9.91. The Bertz CT molecular complexity index is 834. The number of hydrogen-bond acceptors (Lipinski definition) is 3. The molecule has 3 nitrogen and oxygen atoms in total. The van der Waals surface area contributed by atoms with Gasteiger partial charge in [0.2, 0.25) is 0 Å². The number of nitrogens with zero attached hydrogens (tertiary/aromatic N) is 2. The van der Waals surface area contributed by atoms with Crippen molar-refractivity contribution in [1.29, 1.82) is 0 Å². The van der Waals surface area contributed by atoms with Gasteiger partial charge < -0.3 is 9.64 Å². The third-order valence-electron chi connectivity index (χ3n) is 4.73. The maximum atomic E-state index is 5.25. The van der Waals surface area contributed by atoms with Gasteiger partial charge in [-0.1, -0.05) is 18.2 Å². The van der Waals surface area contributed by atoms with Gasteiger partial charge in [-0.05, 0) is 63.1 Å². The molecule has 0 radical (unpaired) electrons. The van der Waals surface area contributed by atoms with Crippen molar-refractivity contribution < 1.29 is 4.74 Å². The van der Waals surface area contributed by atoms with Gasteiger partial charge in [0, 0.05) is 30.1 Å². The number of benzene rings is 2. The van der Waals surface area contributed by atoms with Crippen LogP contribution in [0.3, 0.4) is 0 Å². The molecule has 0 N–H and O–H groups in total. The topological polar surface area (TPSA) is 24.8 Å². The minimum atomic E-state index is 0.0437. The number of likely N-dealkylation sites (N-methyl/N-ethyl adjacent to an activating group) is 1. The van der Waals surface area contributed by atoms with Crippen LogP contribution in [-0.2, 0) is 0 Å². The fourth-order valence-electron chi connectivity index (χ4n) is 3.60. The molecule has 0 saturated heterocycles. The van der Waals surface area contributed by atoms with E-state index in [1.54, 1.807) is 7.11 Å². The van der Waals surface area contributed by atoms with Gasteiger partial charge in [0.15, 0.2) is 0 Å². The maximum absolute atomic E-state index is 5.25. The minimum Gasteiger partial charge on any atom is -0.497 e. The summed E-state index contributed by atoms with van der Waals surface area (Å²) < 4.78 is 5.25. The van der Waals surface area contributed by atoms with Gasteiger partial charge in [-0.15, -0.1) is 0 Å². The number of anilines is 1. The zero-order valence-electron chi connectivity index (χ0n) is 15.7. The Labute approximate surface area is 150 Å². The fraction of sp³-hybridized carbons (Fsp3) is 0.318. The summed E-state index contributed by atoms with van der Waals surface area (Å²) in [5.74, 6) is 0.819. The SMILES string of the molecule is CCN1c2ccc(C=Nc3cccc(OC)c3)cc2C(C)=CC1(C)C. The van der Waals surface area contributed by atoms with Crippen LogP contribution in [0.5, 0.6) is 5.75 Å². The van der Waals surface area contributed by atoms with Crippen molar-refractivity contribution in [3.8, 4) is 5.75 Å². The average Bonchev–Trinajstić information content (AvgIpc) is 2.60. The minimum absolute atomic E-state index is 0.0437. The maximum Gasteiger partial charge on any atom is 0.121 e. The standard InChI is InChI=1S/C22H26N2O/c1-6-24-21-11-10-17(12-20(21)16(2)14-22(24,3)4)15-23-18-8-7-9-19(13-18)25-5/h7-15H,6H2,1-5H3. The second-order valence-corrected chi connectivity index (χ2v) is 6.96. The number of fused-ring (bicyclic) bond motifs is 1. The summed E-state index contributed by atoms with van der Waals surface area (Å²) in [6, 6.07) is 14.4. The molecule has 1 aliphatic heterocycles. The molecular formula is C22H26N2O. The third-order valence-corrected chi connectivity index (χ3v) is 4.73. The van der Waals surface area contributed by atoms with Gasteiger partial charge in [0.1, 0.15) is 5.75 Å². The van der Waals surface area contributed by atoms with Gasteiger partial charge in [0.25, 0.3) is 0 Å². The lowest BCUT2D eigenvalue weighted by atomic mass is 9.88. The predicted molar refractivity (Wildman–Crippen MR) is 107 cm³/mol. The molecule has 130 valence electrons. The Morgan fingerprint density at radius 3 is 2.68 bits per heavy atom.